The van der Waals surface area contributed by atoms with E-state index >= 15 is 0 Å². The summed E-state index contributed by atoms with van der Waals surface area (Å²) in [5, 5.41) is 3.37. The van der Waals surface area contributed by atoms with Gasteiger partial charge in [-0.25, -0.2) is 9.59 Å². The monoisotopic (exact) mass is 466 g/mol. The fraction of sp³-hybridized carbons (Fsp3) is 0.429. The summed E-state index contributed by atoms with van der Waals surface area (Å²) in [7, 11) is 0. The van der Waals surface area contributed by atoms with Crippen LogP contribution < -0.4 is 9.47 Å². The van der Waals surface area contributed by atoms with Crippen LogP contribution in [-0.2, 0) is 31.9 Å². The standard InChI is InChI=1S/C28H34O6/c1-5-14-31-24(29)17-33-27-22-11-9-10-20(8-4)26(22)28(34-18-25(30)32-15-6-2)21-13-12-19(7-3)16-23(21)27/h9-13,16H,5-8,14-15,17-18H2,1-4H3. The molecule has 0 heterocycles. The van der Waals surface area contributed by atoms with Crippen molar-refractivity contribution >= 4 is 33.5 Å². The SMILES string of the molecule is CCCOC(=O)COc1c2cc(CC)ccc2c(OCC(=O)OCCC)c2c(CC)cccc12. The number of ether oxygens (including phenoxy) is 4. The quantitative estimate of drug-likeness (QED) is 0.249. The van der Waals surface area contributed by atoms with E-state index < -0.39 is 11.9 Å². The summed E-state index contributed by atoms with van der Waals surface area (Å²) >= 11 is 0. The van der Waals surface area contributed by atoms with Gasteiger partial charge in [0.15, 0.2) is 13.2 Å². The number of fused-ring (bicyclic) bond motifs is 2. The topological polar surface area (TPSA) is 71.1 Å². The summed E-state index contributed by atoms with van der Waals surface area (Å²) in [6.45, 7) is 8.43. The first-order chi connectivity index (χ1) is 16.5. The molecule has 0 saturated carbocycles. The van der Waals surface area contributed by atoms with Crippen molar-refractivity contribution in [2.45, 2.75) is 53.4 Å². The third-order valence-electron chi connectivity index (χ3n) is 5.59. The van der Waals surface area contributed by atoms with Crippen molar-refractivity contribution in [3.8, 4) is 11.5 Å². The molecular formula is C28H34O6. The molecule has 0 radical (unpaired) electrons. The van der Waals surface area contributed by atoms with Crippen LogP contribution in [0.1, 0.15) is 51.7 Å². The summed E-state index contributed by atoms with van der Waals surface area (Å²) in [4.78, 5) is 24.4. The second-order valence-electron chi connectivity index (χ2n) is 8.10. The predicted molar refractivity (Wildman–Crippen MR) is 134 cm³/mol. The number of hydrogen-bond donors (Lipinski definition) is 0. The highest BCUT2D eigenvalue weighted by molar-refractivity contribution is 6.12. The lowest BCUT2D eigenvalue weighted by atomic mass is 9.94. The minimum atomic E-state index is -0.402. The van der Waals surface area contributed by atoms with E-state index in [1.807, 2.05) is 44.2 Å². The molecule has 0 aromatic heterocycles. The maximum absolute atomic E-state index is 12.2. The molecule has 0 amide bonds. The van der Waals surface area contributed by atoms with Gasteiger partial charge in [0.2, 0.25) is 0 Å². The summed E-state index contributed by atoms with van der Waals surface area (Å²) < 4.78 is 22.6. The van der Waals surface area contributed by atoms with E-state index in [0.29, 0.717) is 24.7 Å². The van der Waals surface area contributed by atoms with E-state index in [1.54, 1.807) is 0 Å². The molecular weight excluding hydrogens is 432 g/mol. The summed E-state index contributed by atoms with van der Waals surface area (Å²) in [6.07, 6.45) is 3.12. The van der Waals surface area contributed by atoms with Gasteiger partial charge in [-0.15, -0.1) is 0 Å². The number of esters is 2. The molecule has 0 bridgehead atoms. The van der Waals surface area contributed by atoms with Gasteiger partial charge in [-0.3, -0.25) is 0 Å². The predicted octanol–water partition coefficient (Wildman–Crippen LogP) is 5.78. The molecule has 0 N–H and O–H groups in total. The van der Waals surface area contributed by atoms with Crippen LogP contribution in [0.15, 0.2) is 36.4 Å². The molecule has 0 aliphatic heterocycles. The zero-order chi connectivity index (χ0) is 24.5. The number of carbonyl (C=O) groups is 2. The van der Waals surface area contributed by atoms with Crippen molar-refractivity contribution in [1.29, 1.82) is 0 Å². The first-order valence-electron chi connectivity index (χ1n) is 12.1. The van der Waals surface area contributed by atoms with Crippen molar-refractivity contribution in [2.75, 3.05) is 26.4 Å². The first kappa shape index (κ1) is 25.3. The highest BCUT2D eigenvalue weighted by Crippen LogP contribution is 2.44. The lowest BCUT2D eigenvalue weighted by molar-refractivity contribution is -0.146. The lowest BCUT2D eigenvalue weighted by Gasteiger charge is -2.20. The lowest BCUT2D eigenvalue weighted by Crippen LogP contribution is -2.17. The third-order valence-corrected chi connectivity index (χ3v) is 5.59. The first-order valence-corrected chi connectivity index (χ1v) is 12.1. The van der Waals surface area contributed by atoms with Crippen LogP contribution in [0.5, 0.6) is 11.5 Å². The average molecular weight is 467 g/mol. The zero-order valence-electron chi connectivity index (χ0n) is 20.6. The fourth-order valence-electron chi connectivity index (χ4n) is 3.91. The molecule has 3 aromatic carbocycles. The van der Waals surface area contributed by atoms with E-state index in [9.17, 15) is 9.59 Å². The van der Waals surface area contributed by atoms with Gasteiger partial charge in [0.05, 0.1) is 13.2 Å². The molecule has 0 spiro atoms. The van der Waals surface area contributed by atoms with E-state index in [2.05, 4.69) is 19.9 Å². The zero-order valence-corrected chi connectivity index (χ0v) is 20.6. The Kier molecular flexibility index (Phi) is 9.14. The molecule has 3 aromatic rings. The van der Waals surface area contributed by atoms with Crippen molar-refractivity contribution in [3.63, 3.8) is 0 Å². The molecule has 34 heavy (non-hydrogen) atoms. The van der Waals surface area contributed by atoms with Crippen LogP contribution in [0.2, 0.25) is 0 Å². The number of carbonyl (C=O) groups excluding carboxylic acids is 2. The highest BCUT2D eigenvalue weighted by atomic mass is 16.6. The van der Waals surface area contributed by atoms with Crippen LogP contribution in [-0.4, -0.2) is 38.4 Å². The van der Waals surface area contributed by atoms with Gasteiger partial charge in [-0.2, -0.15) is 0 Å². The Hall–Kier alpha value is -3.28. The summed E-state index contributed by atoms with van der Waals surface area (Å²) in [6, 6.07) is 12.1. The molecule has 6 heteroatoms. The Morgan fingerprint density at radius 2 is 1.35 bits per heavy atom. The van der Waals surface area contributed by atoms with Gasteiger partial charge < -0.3 is 18.9 Å². The Morgan fingerprint density at radius 3 is 1.94 bits per heavy atom. The van der Waals surface area contributed by atoms with Gasteiger partial charge in [0.25, 0.3) is 0 Å². The van der Waals surface area contributed by atoms with Gasteiger partial charge in [-0.05, 0) is 42.9 Å². The van der Waals surface area contributed by atoms with Crippen molar-refractivity contribution in [2.24, 2.45) is 0 Å². The molecule has 0 atom stereocenters. The number of aryl methyl sites for hydroxylation is 2. The maximum atomic E-state index is 12.2. The van der Waals surface area contributed by atoms with E-state index in [-0.39, 0.29) is 13.2 Å². The second-order valence-corrected chi connectivity index (χ2v) is 8.10. The smallest absolute Gasteiger partial charge is 0.344 e. The van der Waals surface area contributed by atoms with Crippen molar-refractivity contribution < 1.29 is 28.5 Å². The van der Waals surface area contributed by atoms with E-state index in [0.717, 1.165) is 58.4 Å². The Balaban J connectivity index is 2.16. The van der Waals surface area contributed by atoms with Gasteiger partial charge >= 0.3 is 11.9 Å². The second kappa shape index (κ2) is 12.3. The normalized spacial score (nSPS) is 10.9. The van der Waals surface area contributed by atoms with Crippen LogP contribution in [0.3, 0.4) is 0 Å². The minimum Gasteiger partial charge on any atom is -0.481 e. The molecule has 6 nitrogen and oxygen atoms in total. The van der Waals surface area contributed by atoms with Gasteiger partial charge in [-0.1, -0.05) is 58.0 Å². The van der Waals surface area contributed by atoms with Crippen molar-refractivity contribution in [1.82, 2.24) is 0 Å². The molecule has 182 valence electrons. The Morgan fingerprint density at radius 1 is 0.706 bits per heavy atom. The maximum Gasteiger partial charge on any atom is 0.344 e. The van der Waals surface area contributed by atoms with Crippen molar-refractivity contribution in [3.05, 3.63) is 47.5 Å². The van der Waals surface area contributed by atoms with Crippen LogP contribution in [0, 0.1) is 0 Å². The van der Waals surface area contributed by atoms with E-state index in [1.165, 1.54) is 0 Å². The van der Waals surface area contributed by atoms with Crippen LogP contribution in [0.4, 0.5) is 0 Å². The molecule has 0 aliphatic rings. The van der Waals surface area contributed by atoms with Crippen LogP contribution >= 0.6 is 0 Å². The molecule has 0 saturated heterocycles. The average Bonchev–Trinajstić information content (AvgIpc) is 2.87. The number of benzene rings is 3. The summed E-state index contributed by atoms with van der Waals surface area (Å²) in [5.41, 5.74) is 2.19. The van der Waals surface area contributed by atoms with Gasteiger partial charge in [0.1, 0.15) is 11.5 Å². The number of hydrogen-bond acceptors (Lipinski definition) is 6. The van der Waals surface area contributed by atoms with E-state index in [4.69, 9.17) is 18.9 Å². The molecule has 0 unspecified atom stereocenters. The Bertz CT molecular complexity index is 1150. The fourth-order valence-corrected chi connectivity index (χ4v) is 3.91. The third kappa shape index (κ3) is 5.79. The largest absolute Gasteiger partial charge is 0.481 e. The molecule has 0 fully saturated rings. The minimum absolute atomic E-state index is 0.179. The van der Waals surface area contributed by atoms with Gasteiger partial charge in [0, 0.05) is 21.5 Å². The Labute approximate surface area is 201 Å². The molecule has 0 aliphatic carbocycles. The summed E-state index contributed by atoms with van der Waals surface area (Å²) in [5.74, 6) is 0.436. The molecule has 3 rings (SSSR count). The highest BCUT2D eigenvalue weighted by Gasteiger charge is 2.20. The van der Waals surface area contributed by atoms with Crippen LogP contribution in [0.25, 0.3) is 21.5 Å². The number of rotatable bonds is 12.